The summed E-state index contributed by atoms with van der Waals surface area (Å²) in [5, 5.41) is 46.8. The second-order valence-electron chi connectivity index (χ2n) is 29.5. The van der Waals surface area contributed by atoms with E-state index in [0.29, 0.717) is 50.3 Å². The number of hydrogen-bond donors (Lipinski definition) is 15. The predicted octanol–water partition coefficient (Wildman–Crippen LogP) is 16.7. The summed E-state index contributed by atoms with van der Waals surface area (Å²) >= 11 is 11.9. The van der Waals surface area contributed by atoms with Gasteiger partial charge in [-0.15, -0.1) is 0 Å². The van der Waals surface area contributed by atoms with Gasteiger partial charge in [-0.25, -0.2) is 14.4 Å². The minimum absolute atomic E-state index is 0. The number of Topliss-reactive ketones (excluding diaryl/α,β-unsaturated/α-hetero) is 1. The normalized spacial score (nSPS) is 14.7. The molecular weight excluding hydrogens is 1680 g/mol. The van der Waals surface area contributed by atoms with Crippen LogP contribution in [0, 0.1) is 0 Å². The highest BCUT2D eigenvalue weighted by Crippen LogP contribution is 2.45. The zero-order chi connectivity index (χ0) is 85.0. The van der Waals surface area contributed by atoms with Crippen LogP contribution in [-0.4, -0.2) is 189 Å². The molecule has 13 rings (SSSR count). The van der Waals surface area contributed by atoms with Crippen LogP contribution in [-0.2, 0) is 70.9 Å². The number of ketones is 1. The van der Waals surface area contributed by atoms with E-state index in [0.717, 1.165) is 71.9 Å². The molecule has 0 unspecified atom stereocenters. The second kappa shape index (κ2) is 53.8. The number of likely N-dealkylation sites (tertiary alicyclic amines) is 2. The third kappa shape index (κ3) is 31.7. The molecule has 5 heterocycles. The minimum Gasteiger partial charge on any atom is -0.481 e. The molecule has 6 atom stereocenters. The van der Waals surface area contributed by atoms with Gasteiger partial charge in [0.1, 0.15) is 48.3 Å². The number of nitrogens with zero attached hydrogens (tertiary/aromatic N) is 2. The molecule has 2 aromatic heterocycles. The predicted molar refractivity (Wildman–Crippen MR) is 509 cm³/mol. The third-order valence-corrected chi connectivity index (χ3v) is 20.3. The average Bonchev–Trinajstić information content (AvgIpc) is 1.05. The summed E-state index contributed by atoms with van der Waals surface area (Å²) in [4.78, 5) is 137. The van der Waals surface area contributed by atoms with Crippen molar-refractivity contribution in [2.24, 2.45) is 5.73 Å². The number of nitrogens with one attached hydrogen (secondary N) is 6. The number of thiol groups is 3. The standard InChI is InChI=1S/C38H38N4O3S.C21H27N3O5.C17H15NO4.C8H15NO5.CH2S2.CH4S2.6CH4.H3N/c39-31(23-26-24-40-32-20-11-10-19-30(26)32)37(45)42-22-12-21-34(42)36(44)41-33(25-46)35(43)38(27-13-4-1-5-14-27,28-15-6-2-7-16-28)29-17-8-3-9-18-29;1-21(2,3)29-20(28)23-16(18(25)24-10-6-9-17(24)19(26)27)11-13-12-22-15-8-5-4-7-14(13)15;19-16(20)9-18-17(21)22-10-15-13-7-3-1-5-11(13)12-6-2-4-8-14(12)15;1-8(2,3)14-9-5(7(12)13)4-6(10)11;1-2-3-1;2-1-3;;;;;;;/h1-11,13-20,24,31,33-34,40,46H,12,21-23,25,39H2,(H,41,44);4-5,7-8,12,16-17,22H,6,9-11H2,1-3H3,(H,23,28)(H,26,27);1-8,15H,9-10H2,(H,18,21)(H,19,20);5,9H,4H2,1-3H3,(H,10,11)(H,12,13);1H2;2-3H,1H2;6*1H4;1H3/t31-,33-,34-;16-,17-;;5-;;;;;;;;;/m00.0........./s1. The number of aliphatic carboxylic acids is 4. The largest absolute Gasteiger partial charge is 0.481 e. The van der Waals surface area contributed by atoms with Gasteiger partial charge in [0.05, 0.1) is 29.2 Å². The zero-order valence-electron chi connectivity index (χ0n) is 66.4. The van der Waals surface area contributed by atoms with E-state index in [1.54, 1.807) is 52.6 Å². The first kappa shape index (κ1) is 112. The van der Waals surface area contributed by atoms with Gasteiger partial charge < -0.3 is 77.5 Å². The number of carboxylic acid groups (broad SMARTS) is 4. The van der Waals surface area contributed by atoms with Gasteiger partial charge >= 0.3 is 36.1 Å². The van der Waals surface area contributed by atoms with Crippen LogP contribution in [0.2, 0.25) is 0 Å². The molecule has 9 aromatic rings. The van der Waals surface area contributed by atoms with Crippen LogP contribution in [0.4, 0.5) is 9.59 Å². The number of H-pyrrole nitrogens is 2. The van der Waals surface area contributed by atoms with E-state index in [9.17, 15) is 53.1 Å². The maximum absolute atomic E-state index is 15.0. The number of fused-ring (bicyclic) bond motifs is 5. The molecule has 0 bridgehead atoms. The van der Waals surface area contributed by atoms with Gasteiger partial charge in [-0.05, 0) is 136 Å². The molecule has 1 aliphatic carbocycles. The fourth-order valence-electron chi connectivity index (χ4n) is 13.9. The Kier molecular flexibility index (Phi) is 48.5. The Hall–Kier alpha value is -10.3. The van der Waals surface area contributed by atoms with Gasteiger partial charge in [0, 0.05) is 70.5 Å². The Balaban J connectivity index is 0.000000852. The van der Waals surface area contributed by atoms with E-state index in [4.69, 9.17) is 35.4 Å². The summed E-state index contributed by atoms with van der Waals surface area (Å²) in [5.74, 6) is -5.78. The summed E-state index contributed by atoms with van der Waals surface area (Å²) in [7, 11) is 3.83. The number of nitrogens with two attached hydrogens (primary N) is 1. The van der Waals surface area contributed by atoms with E-state index < -0.39 is 108 Å². The molecule has 15 N–H and O–H groups in total. The molecule has 27 nitrogen and oxygen atoms in total. The monoisotopic (exact) mass is 1800 g/mol. The Morgan fingerprint density at radius 1 is 0.532 bits per heavy atom. The van der Waals surface area contributed by atoms with Crippen LogP contribution in [0.3, 0.4) is 0 Å². The highest BCUT2D eigenvalue weighted by molar-refractivity contribution is 8.92. The second-order valence-corrected chi connectivity index (χ2v) is 33.8. The molecule has 0 radical (unpaired) electrons. The quantitative estimate of drug-likeness (QED) is 0.00631. The van der Waals surface area contributed by atoms with Gasteiger partial charge in [0.25, 0.3) is 0 Å². The van der Waals surface area contributed by atoms with Crippen molar-refractivity contribution in [1.82, 2.24) is 47.3 Å². The Morgan fingerprint density at radius 3 is 1.38 bits per heavy atom. The fraction of sp³-hybridized carbons (Fsp3) is 0.391. The van der Waals surface area contributed by atoms with Crippen molar-refractivity contribution in [3.63, 3.8) is 0 Å². The first-order valence-corrected chi connectivity index (χ1v) is 42.2. The number of hydrogen-bond acceptors (Lipinski definition) is 21. The van der Waals surface area contributed by atoms with Gasteiger partial charge in [-0.1, -0.05) is 242 Å². The van der Waals surface area contributed by atoms with Crippen molar-refractivity contribution in [1.29, 1.82) is 0 Å². The first-order valence-electron chi connectivity index (χ1n) is 37.9. The maximum Gasteiger partial charge on any atom is 0.408 e. The summed E-state index contributed by atoms with van der Waals surface area (Å²) in [5.41, 5.74) is 16.8. The van der Waals surface area contributed by atoms with Crippen molar-refractivity contribution in [2.45, 2.75) is 190 Å². The smallest absolute Gasteiger partial charge is 0.408 e. The number of carboxylic acids is 4. The fourth-order valence-corrected chi connectivity index (χ4v) is 14.2. The average molecular weight is 1810 g/mol. The molecule has 5 amide bonds. The number of carbonyl (C=O) groups excluding carboxylic acids is 6. The van der Waals surface area contributed by atoms with Crippen LogP contribution in [0.5, 0.6) is 0 Å². The summed E-state index contributed by atoms with van der Waals surface area (Å²) in [6.07, 6.45) is 4.51. The molecule has 0 spiro atoms. The zero-order valence-corrected chi connectivity index (χ0v) is 70.7. The maximum atomic E-state index is 15.0. The number of aromatic amines is 2. The lowest BCUT2D eigenvalue weighted by Gasteiger charge is -2.37. The number of aromatic nitrogens is 2. The van der Waals surface area contributed by atoms with Crippen molar-refractivity contribution in [3.05, 3.63) is 239 Å². The van der Waals surface area contributed by atoms with E-state index in [2.05, 4.69) is 81.4 Å². The lowest BCUT2D eigenvalue weighted by atomic mass is 9.65. The van der Waals surface area contributed by atoms with Gasteiger partial charge in [0.15, 0.2) is 5.78 Å². The van der Waals surface area contributed by atoms with Crippen molar-refractivity contribution < 1.29 is 82.7 Å². The van der Waals surface area contributed by atoms with E-state index in [1.807, 2.05) is 204 Å². The van der Waals surface area contributed by atoms with Gasteiger partial charge in [-0.3, -0.25) is 38.4 Å². The molecule has 7 aromatic carbocycles. The van der Waals surface area contributed by atoms with Crippen LogP contribution in [0.25, 0.3) is 32.9 Å². The highest BCUT2D eigenvalue weighted by Gasteiger charge is 2.48. The lowest BCUT2D eigenvalue weighted by Crippen LogP contribution is -2.57. The molecule has 3 saturated heterocycles. The number of para-hydroxylation sites is 2. The molecule has 678 valence electrons. The molecule has 124 heavy (non-hydrogen) atoms. The van der Waals surface area contributed by atoms with Crippen molar-refractivity contribution in [2.75, 3.05) is 42.2 Å². The minimum atomic E-state index is -1.25. The topological polar surface area (TPSA) is 427 Å². The van der Waals surface area contributed by atoms with Gasteiger partial charge in [0.2, 0.25) is 17.7 Å². The SMILES string of the molecule is C.C.C.C.C.C.C1SS1.CC(C)(C)OC(=O)N[C@@H](Cc1c[nH]c2ccccc12)C(=O)N1CCC[C@H]1C(=O)O.CC(C)(C)ON[C@@H](CC(=O)O)C(=O)O.N.N[C@@H](Cc1c[nH]c2ccccc12)C(=O)N1CCC[C@H]1C(=O)N[C@@H](CS)C(=O)C(c1ccccc1)(c1ccccc1)c1ccccc1.O=C(O)CNC(=O)OCC1c2ccccc2-c2ccccc21.SCS. The van der Waals surface area contributed by atoms with Crippen LogP contribution >= 0.6 is 59.5 Å². The molecular formula is C92H128N10O17S5. The van der Waals surface area contributed by atoms with E-state index in [-0.39, 0.29) is 93.0 Å². The summed E-state index contributed by atoms with van der Waals surface area (Å²) < 4.78 is 10.5. The van der Waals surface area contributed by atoms with Crippen molar-refractivity contribution >= 4 is 141 Å². The molecule has 32 heteroatoms. The van der Waals surface area contributed by atoms with Crippen LogP contribution in [0.1, 0.15) is 163 Å². The van der Waals surface area contributed by atoms with E-state index in [1.165, 1.54) is 9.98 Å². The summed E-state index contributed by atoms with van der Waals surface area (Å²) in [6.45, 7) is 10.9. The molecule has 3 aliphatic heterocycles. The highest BCUT2D eigenvalue weighted by atomic mass is 33.2. The van der Waals surface area contributed by atoms with Crippen molar-refractivity contribution in [3.8, 4) is 11.1 Å². The van der Waals surface area contributed by atoms with Gasteiger partial charge in [-0.2, -0.15) is 43.4 Å². The number of amides is 5. The summed E-state index contributed by atoms with van der Waals surface area (Å²) in [6, 6.07) is 55.0. The Bertz CT molecular complexity index is 4690. The lowest BCUT2D eigenvalue weighted by molar-refractivity contribution is -0.156. The first-order chi connectivity index (χ1) is 55.9. The molecule has 4 aliphatic rings. The van der Waals surface area contributed by atoms with Crippen LogP contribution < -0.4 is 33.3 Å². The number of hydroxylamine groups is 1. The number of alkyl carbamates (subject to hydrolysis) is 2. The molecule has 3 fully saturated rings. The van der Waals surface area contributed by atoms with E-state index >= 15 is 0 Å². The number of benzene rings is 7. The Labute approximate surface area is 754 Å². The van der Waals surface area contributed by atoms with Crippen LogP contribution in [0.15, 0.2) is 200 Å². The Morgan fingerprint density at radius 2 is 0.960 bits per heavy atom. The number of ether oxygens (including phenoxy) is 2. The number of rotatable bonds is 25. The number of carbonyl (C=O) groups is 10. The third-order valence-electron chi connectivity index (χ3n) is 19.0. The molecule has 0 saturated carbocycles.